The van der Waals surface area contributed by atoms with Gasteiger partial charge in [0.1, 0.15) is 11.3 Å². The highest BCUT2D eigenvalue weighted by atomic mass is 16.5. The molecular formula is C18H19NO4. The van der Waals surface area contributed by atoms with Crippen LogP contribution in [-0.4, -0.2) is 37.4 Å². The second-order valence-electron chi connectivity index (χ2n) is 5.42. The second kappa shape index (κ2) is 6.86. The lowest BCUT2D eigenvalue weighted by molar-refractivity contribution is -0.0216. The van der Waals surface area contributed by atoms with Gasteiger partial charge in [-0.1, -0.05) is 0 Å². The van der Waals surface area contributed by atoms with Crippen LogP contribution in [0.25, 0.3) is 11.0 Å². The van der Waals surface area contributed by atoms with E-state index in [0.717, 1.165) is 24.0 Å². The predicted molar refractivity (Wildman–Crippen MR) is 87.5 cm³/mol. The highest BCUT2D eigenvalue weighted by molar-refractivity contribution is 5.81. The zero-order chi connectivity index (χ0) is 16.2. The Balaban J connectivity index is 1.88. The molecule has 0 aliphatic carbocycles. The normalized spacial score (nSPS) is 16.6. The van der Waals surface area contributed by atoms with Gasteiger partial charge in [-0.05, 0) is 37.5 Å². The van der Waals surface area contributed by atoms with Crippen LogP contribution in [-0.2, 0) is 4.74 Å². The SMILES string of the molecule is CC#CC(Oc1ccc2c(C)cc(=O)oc2c1)N1CCOCC1. The van der Waals surface area contributed by atoms with E-state index in [1.54, 1.807) is 13.0 Å². The number of morpholine rings is 1. The van der Waals surface area contributed by atoms with Gasteiger partial charge in [0.05, 0.1) is 13.2 Å². The van der Waals surface area contributed by atoms with E-state index >= 15 is 0 Å². The summed E-state index contributed by atoms with van der Waals surface area (Å²) < 4.78 is 16.6. The maximum atomic E-state index is 11.5. The minimum Gasteiger partial charge on any atom is -0.464 e. The maximum absolute atomic E-state index is 11.5. The summed E-state index contributed by atoms with van der Waals surface area (Å²) in [6, 6.07) is 7.01. The Morgan fingerprint density at radius 3 is 2.78 bits per heavy atom. The molecule has 1 unspecified atom stereocenters. The smallest absolute Gasteiger partial charge is 0.336 e. The Hall–Kier alpha value is -2.29. The average molecular weight is 313 g/mol. The van der Waals surface area contributed by atoms with Crippen LogP contribution in [0.1, 0.15) is 12.5 Å². The first kappa shape index (κ1) is 15.6. The topological polar surface area (TPSA) is 51.9 Å². The molecule has 23 heavy (non-hydrogen) atoms. The third-order valence-electron chi connectivity index (χ3n) is 3.82. The number of rotatable bonds is 3. The Morgan fingerprint density at radius 1 is 1.26 bits per heavy atom. The van der Waals surface area contributed by atoms with Gasteiger partial charge >= 0.3 is 5.63 Å². The predicted octanol–water partition coefficient (Wildman–Crippen LogP) is 2.16. The maximum Gasteiger partial charge on any atom is 0.336 e. The highest BCUT2D eigenvalue weighted by Gasteiger charge is 2.21. The molecule has 0 N–H and O–H groups in total. The number of hydrogen-bond acceptors (Lipinski definition) is 5. The molecule has 1 aliphatic heterocycles. The molecule has 3 rings (SSSR count). The van der Waals surface area contributed by atoms with Gasteiger partial charge < -0.3 is 13.9 Å². The average Bonchev–Trinajstić information content (AvgIpc) is 2.55. The van der Waals surface area contributed by atoms with Crippen LogP contribution in [0.4, 0.5) is 0 Å². The summed E-state index contributed by atoms with van der Waals surface area (Å²) in [6.07, 6.45) is -0.335. The Labute approximate surface area is 134 Å². The molecule has 1 saturated heterocycles. The Bertz CT molecular complexity index is 809. The minimum atomic E-state index is -0.356. The van der Waals surface area contributed by atoms with Gasteiger partial charge in [-0.2, -0.15) is 0 Å². The van der Waals surface area contributed by atoms with E-state index in [-0.39, 0.29) is 11.9 Å². The van der Waals surface area contributed by atoms with Crippen molar-refractivity contribution in [2.24, 2.45) is 0 Å². The molecule has 5 nitrogen and oxygen atoms in total. The van der Waals surface area contributed by atoms with Crippen molar-refractivity contribution >= 4 is 11.0 Å². The number of fused-ring (bicyclic) bond motifs is 1. The molecule has 2 aromatic rings. The van der Waals surface area contributed by atoms with Crippen LogP contribution >= 0.6 is 0 Å². The highest BCUT2D eigenvalue weighted by Crippen LogP contribution is 2.23. The van der Waals surface area contributed by atoms with Gasteiger partial charge in [0.2, 0.25) is 6.23 Å². The molecule has 0 spiro atoms. The first-order valence-corrected chi connectivity index (χ1v) is 7.62. The van der Waals surface area contributed by atoms with Crippen molar-refractivity contribution in [2.75, 3.05) is 26.3 Å². The summed E-state index contributed by atoms with van der Waals surface area (Å²) in [6.45, 7) is 6.59. The molecule has 120 valence electrons. The van der Waals surface area contributed by atoms with Gasteiger partial charge in [-0.25, -0.2) is 4.79 Å². The lowest BCUT2D eigenvalue weighted by atomic mass is 10.1. The first-order valence-electron chi connectivity index (χ1n) is 7.62. The van der Waals surface area contributed by atoms with Crippen molar-refractivity contribution < 1.29 is 13.9 Å². The van der Waals surface area contributed by atoms with Crippen LogP contribution in [0.3, 0.4) is 0 Å². The molecule has 0 radical (unpaired) electrons. The Kier molecular flexibility index (Phi) is 4.65. The Morgan fingerprint density at radius 2 is 2.04 bits per heavy atom. The molecule has 1 aliphatic rings. The first-order chi connectivity index (χ1) is 11.2. The van der Waals surface area contributed by atoms with Crippen molar-refractivity contribution in [3.63, 3.8) is 0 Å². The molecule has 0 amide bonds. The van der Waals surface area contributed by atoms with Gasteiger partial charge in [-0.15, -0.1) is 5.92 Å². The van der Waals surface area contributed by atoms with Crippen LogP contribution < -0.4 is 10.4 Å². The van der Waals surface area contributed by atoms with Crippen molar-refractivity contribution in [3.05, 3.63) is 40.2 Å². The van der Waals surface area contributed by atoms with E-state index < -0.39 is 0 Å². The fraction of sp³-hybridized carbons (Fsp3) is 0.389. The number of aryl methyl sites for hydroxylation is 1. The molecule has 1 atom stereocenters. The second-order valence-corrected chi connectivity index (χ2v) is 5.42. The van der Waals surface area contributed by atoms with E-state index in [1.165, 1.54) is 6.07 Å². The van der Waals surface area contributed by atoms with Crippen LogP contribution in [0.15, 0.2) is 33.5 Å². The summed E-state index contributed by atoms with van der Waals surface area (Å²) in [5.74, 6) is 6.62. The summed E-state index contributed by atoms with van der Waals surface area (Å²) in [5, 5.41) is 0.904. The molecule has 0 saturated carbocycles. The van der Waals surface area contributed by atoms with Crippen molar-refractivity contribution in [2.45, 2.75) is 20.1 Å². The summed E-state index contributed by atoms with van der Waals surface area (Å²) >= 11 is 0. The minimum absolute atomic E-state index is 0.335. The number of hydrogen-bond donors (Lipinski definition) is 0. The summed E-state index contributed by atoms with van der Waals surface area (Å²) in [7, 11) is 0. The molecule has 5 heteroatoms. The van der Waals surface area contributed by atoms with Gasteiger partial charge in [0.25, 0.3) is 0 Å². The zero-order valence-electron chi connectivity index (χ0n) is 13.3. The van der Waals surface area contributed by atoms with Crippen LogP contribution in [0.5, 0.6) is 5.75 Å². The van der Waals surface area contributed by atoms with E-state index in [2.05, 4.69) is 16.7 Å². The molecular weight excluding hydrogens is 294 g/mol. The van der Waals surface area contributed by atoms with Gasteiger partial charge in [-0.3, -0.25) is 4.90 Å². The van der Waals surface area contributed by atoms with Crippen molar-refractivity contribution in [1.29, 1.82) is 0 Å². The largest absolute Gasteiger partial charge is 0.464 e. The number of nitrogens with zero attached hydrogens (tertiary/aromatic N) is 1. The molecule has 1 aromatic heterocycles. The van der Waals surface area contributed by atoms with Crippen molar-refractivity contribution in [3.8, 4) is 17.6 Å². The molecule has 0 bridgehead atoms. The van der Waals surface area contributed by atoms with E-state index in [9.17, 15) is 4.79 Å². The monoisotopic (exact) mass is 313 g/mol. The number of benzene rings is 1. The summed E-state index contributed by atoms with van der Waals surface area (Å²) in [4.78, 5) is 13.7. The molecule has 1 fully saturated rings. The van der Waals surface area contributed by atoms with Gasteiger partial charge in [0, 0.05) is 30.6 Å². The third-order valence-corrected chi connectivity index (χ3v) is 3.82. The van der Waals surface area contributed by atoms with E-state index in [1.807, 2.05) is 19.1 Å². The lowest BCUT2D eigenvalue weighted by Gasteiger charge is -2.31. The van der Waals surface area contributed by atoms with Crippen molar-refractivity contribution in [1.82, 2.24) is 4.90 Å². The molecule has 2 heterocycles. The quantitative estimate of drug-likeness (QED) is 0.642. The summed E-state index contributed by atoms with van der Waals surface area (Å²) in [5.41, 5.74) is 1.06. The zero-order valence-corrected chi connectivity index (χ0v) is 13.3. The van der Waals surface area contributed by atoms with Crippen LogP contribution in [0, 0.1) is 18.8 Å². The number of ether oxygens (including phenoxy) is 2. The molecule has 1 aromatic carbocycles. The third kappa shape index (κ3) is 3.55. The van der Waals surface area contributed by atoms with E-state index in [4.69, 9.17) is 13.9 Å². The van der Waals surface area contributed by atoms with Gasteiger partial charge in [0.15, 0.2) is 0 Å². The van der Waals surface area contributed by atoms with E-state index in [0.29, 0.717) is 24.5 Å². The lowest BCUT2D eigenvalue weighted by Crippen LogP contribution is -2.45. The van der Waals surface area contributed by atoms with Crippen LogP contribution in [0.2, 0.25) is 0 Å². The fourth-order valence-corrected chi connectivity index (χ4v) is 2.64. The fourth-order valence-electron chi connectivity index (χ4n) is 2.64. The standard InChI is InChI=1S/C18H19NO4/c1-3-4-17(19-7-9-21-10-8-19)22-14-5-6-15-13(2)11-18(20)23-16(15)12-14/h5-6,11-12,17H,7-10H2,1-2H3.